The van der Waals surface area contributed by atoms with E-state index in [4.69, 9.17) is 16.3 Å². The lowest BCUT2D eigenvalue weighted by atomic mass is 9.84. The van der Waals surface area contributed by atoms with Gasteiger partial charge in [-0.1, -0.05) is 29.8 Å². The second kappa shape index (κ2) is 6.12. The first kappa shape index (κ1) is 15.3. The van der Waals surface area contributed by atoms with Gasteiger partial charge in [-0.3, -0.25) is 9.69 Å². The molecule has 1 N–H and O–H groups in total. The standard InChI is InChI=1S/C15H20ClNO3/c1-11(14(18)20-2)17-9-7-15(19,8-10-17)12-5-3-4-6-13(12)16/h3-6,11,19H,7-10H2,1-2H3/t11-/m0/s1. The Morgan fingerprint density at radius 3 is 2.55 bits per heavy atom. The van der Waals surface area contributed by atoms with E-state index in [1.54, 1.807) is 6.07 Å². The largest absolute Gasteiger partial charge is 0.468 e. The van der Waals surface area contributed by atoms with E-state index >= 15 is 0 Å². The molecule has 1 aromatic carbocycles. The Bertz CT molecular complexity index is 484. The number of methoxy groups -OCH3 is 1. The van der Waals surface area contributed by atoms with E-state index in [-0.39, 0.29) is 12.0 Å². The molecule has 0 unspecified atom stereocenters. The van der Waals surface area contributed by atoms with Gasteiger partial charge in [0, 0.05) is 23.7 Å². The normalized spacial score (nSPS) is 20.4. The molecule has 1 fully saturated rings. The van der Waals surface area contributed by atoms with Crippen LogP contribution >= 0.6 is 11.6 Å². The van der Waals surface area contributed by atoms with Crippen molar-refractivity contribution in [2.24, 2.45) is 0 Å². The predicted molar refractivity (Wildman–Crippen MR) is 77.6 cm³/mol. The summed E-state index contributed by atoms with van der Waals surface area (Å²) >= 11 is 6.17. The monoisotopic (exact) mass is 297 g/mol. The lowest BCUT2D eigenvalue weighted by molar-refractivity contribution is -0.148. The fourth-order valence-electron chi connectivity index (χ4n) is 2.71. The molecular formula is C15H20ClNO3. The van der Waals surface area contributed by atoms with Crippen LogP contribution in [0.15, 0.2) is 24.3 Å². The molecule has 1 atom stereocenters. The van der Waals surface area contributed by atoms with Crippen LogP contribution in [0.25, 0.3) is 0 Å². The molecule has 1 saturated heterocycles. The minimum atomic E-state index is -0.912. The molecule has 0 saturated carbocycles. The topological polar surface area (TPSA) is 49.8 Å². The highest BCUT2D eigenvalue weighted by Gasteiger charge is 2.37. The number of carbonyl (C=O) groups excluding carboxylic acids is 1. The maximum absolute atomic E-state index is 11.5. The number of benzene rings is 1. The molecule has 1 heterocycles. The molecule has 0 bridgehead atoms. The molecule has 0 aromatic heterocycles. The molecule has 5 heteroatoms. The molecule has 1 aliphatic heterocycles. The Kier molecular flexibility index (Phi) is 4.68. The van der Waals surface area contributed by atoms with Crippen LogP contribution in [-0.4, -0.2) is 42.2 Å². The summed E-state index contributed by atoms with van der Waals surface area (Å²) in [6.07, 6.45) is 1.11. The average molecular weight is 298 g/mol. The van der Waals surface area contributed by atoms with Crippen molar-refractivity contribution in [1.29, 1.82) is 0 Å². The van der Waals surface area contributed by atoms with Crippen molar-refractivity contribution in [2.75, 3.05) is 20.2 Å². The molecular weight excluding hydrogens is 278 g/mol. The zero-order valence-electron chi connectivity index (χ0n) is 11.8. The smallest absolute Gasteiger partial charge is 0.322 e. The van der Waals surface area contributed by atoms with Gasteiger partial charge in [0.15, 0.2) is 0 Å². The van der Waals surface area contributed by atoms with Crippen LogP contribution in [0.2, 0.25) is 5.02 Å². The summed E-state index contributed by atoms with van der Waals surface area (Å²) in [5.74, 6) is -0.242. The number of hydrogen-bond donors (Lipinski definition) is 1. The van der Waals surface area contributed by atoms with E-state index in [2.05, 4.69) is 0 Å². The minimum Gasteiger partial charge on any atom is -0.468 e. The van der Waals surface area contributed by atoms with Gasteiger partial charge in [0.2, 0.25) is 0 Å². The van der Waals surface area contributed by atoms with Crippen LogP contribution in [-0.2, 0) is 15.1 Å². The van der Waals surface area contributed by atoms with Crippen LogP contribution in [0, 0.1) is 0 Å². The molecule has 0 amide bonds. The Morgan fingerprint density at radius 1 is 1.40 bits per heavy atom. The van der Waals surface area contributed by atoms with Gasteiger partial charge < -0.3 is 9.84 Å². The van der Waals surface area contributed by atoms with Gasteiger partial charge in [-0.25, -0.2) is 0 Å². The van der Waals surface area contributed by atoms with Crippen LogP contribution in [0.1, 0.15) is 25.3 Å². The Balaban J connectivity index is 2.07. The number of halogens is 1. The molecule has 20 heavy (non-hydrogen) atoms. The van der Waals surface area contributed by atoms with Gasteiger partial charge in [-0.15, -0.1) is 0 Å². The van der Waals surface area contributed by atoms with Gasteiger partial charge in [0.05, 0.1) is 12.7 Å². The Labute approximate surface area is 124 Å². The molecule has 110 valence electrons. The van der Waals surface area contributed by atoms with Crippen LogP contribution in [0.3, 0.4) is 0 Å². The number of carbonyl (C=O) groups is 1. The number of rotatable bonds is 3. The van der Waals surface area contributed by atoms with Crippen molar-refractivity contribution in [3.8, 4) is 0 Å². The number of ether oxygens (including phenoxy) is 1. The van der Waals surface area contributed by atoms with Crippen molar-refractivity contribution < 1.29 is 14.6 Å². The van der Waals surface area contributed by atoms with Gasteiger partial charge >= 0.3 is 5.97 Å². The van der Waals surface area contributed by atoms with Crippen LogP contribution in [0.4, 0.5) is 0 Å². The molecule has 0 radical (unpaired) electrons. The fourth-order valence-corrected chi connectivity index (χ4v) is 3.02. The summed E-state index contributed by atoms with van der Waals surface area (Å²) in [7, 11) is 1.39. The molecule has 0 aliphatic carbocycles. The quantitative estimate of drug-likeness (QED) is 0.869. The molecule has 4 nitrogen and oxygen atoms in total. The summed E-state index contributed by atoms with van der Waals surface area (Å²) in [6, 6.07) is 7.10. The molecule has 2 rings (SSSR count). The lowest BCUT2D eigenvalue weighted by Gasteiger charge is -2.40. The van der Waals surface area contributed by atoms with E-state index < -0.39 is 5.60 Å². The first-order valence-corrected chi connectivity index (χ1v) is 7.15. The lowest BCUT2D eigenvalue weighted by Crippen LogP contribution is -2.48. The van der Waals surface area contributed by atoms with Crippen molar-refractivity contribution in [2.45, 2.75) is 31.4 Å². The van der Waals surface area contributed by atoms with Crippen LogP contribution in [0.5, 0.6) is 0 Å². The highest BCUT2D eigenvalue weighted by Crippen LogP contribution is 2.37. The number of piperidine rings is 1. The minimum absolute atomic E-state index is 0.242. The van der Waals surface area contributed by atoms with Crippen molar-refractivity contribution in [3.63, 3.8) is 0 Å². The second-order valence-corrected chi connectivity index (χ2v) is 5.65. The van der Waals surface area contributed by atoms with Gasteiger partial charge in [-0.05, 0) is 25.8 Å². The third kappa shape index (κ3) is 2.97. The maximum Gasteiger partial charge on any atom is 0.322 e. The number of aliphatic hydroxyl groups is 1. The summed E-state index contributed by atoms with van der Waals surface area (Å²) < 4.78 is 4.76. The number of hydrogen-bond acceptors (Lipinski definition) is 4. The zero-order chi connectivity index (χ0) is 14.8. The fraction of sp³-hybridized carbons (Fsp3) is 0.533. The summed E-state index contributed by atoms with van der Waals surface area (Å²) in [6.45, 7) is 3.10. The summed E-state index contributed by atoms with van der Waals surface area (Å²) in [4.78, 5) is 13.6. The maximum atomic E-state index is 11.5. The second-order valence-electron chi connectivity index (χ2n) is 5.25. The van der Waals surface area contributed by atoms with Crippen molar-refractivity contribution in [3.05, 3.63) is 34.9 Å². The third-order valence-corrected chi connectivity index (χ3v) is 4.42. The average Bonchev–Trinajstić information content (AvgIpc) is 2.47. The van der Waals surface area contributed by atoms with Gasteiger partial charge in [0.1, 0.15) is 6.04 Å². The van der Waals surface area contributed by atoms with Gasteiger partial charge in [-0.2, -0.15) is 0 Å². The van der Waals surface area contributed by atoms with Crippen LogP contribution < -0.4 is 0 Å². The summed E-state index contributed by atoms with van der Waals surface area (Å²) in [5.41, 5.74) is -0.142. The first-order chi connectivity index (χ1) is 9.48. The Morgan fingerprint density at radius 2 is 2.00 bits per heavy atom. The first-order valence-electron chi connectivity index (χ1n) is 6.77. The number of esters is 1. The molecule has 0 spiro atoms. The van der Waals surface area contributed by atoms with E-state index in [0.717, 1.165) is 5.56 Å². The van der Waals surface area contributed by atoms with Crippen molar-refractivity contribution >= 4 is 17.6 Å². The van der Waals surface area contributed by atoms with E-state index in [0.29, 0.717) is 31.0 Å². The molecule has 1 aromatic rings. The van der Waals surface area contributed by atoms with Crippen molar-refractivity contribution in [1.82, 2.24) is 4.90 Å². The number of likely N-dealkylation sites (tertiary alicyclic amines) is 1. The highest BCUT2D eigenvalue weighted by atomic mass is 35.5. The van der Waals surface area contributed by atoms with E-state index in [9.17, 15) is 9.90 Å². The third-order valence-electron chi connectivity index (χ3n) is 4.09. The number of nitrogens with zero attached hydrogens (tertiary/aromatic N) is 1. The predicted octanol–water partition coefficient (Wildman–Crippen LogP) is 2.18. The van der Waals surface area contributed by atoms with Gasteiger partial charge in [0.25, 0.3) is 0 Å². The van der Waals surface area contributed by atoms with E-state index in [1.165, 1.54) is 7.11 Å². The zero-order valence-corrected chi connectivity index (χ0v) is 12.6. The SMILES string of the molecule is COC(=O)[C@H](C)N1CCC(O)(c2ccccc2Cl)CC1. The summed E-state index contributed by atoms with van der Waals surface area (Å²) in [5, 5.41) is 11.4. The van der Waals surface area contributed by atoms with E-state index in [1.807, 2.05) is 30.0 Å². The Hall–Kier alpha value is -1.10. The highest BCUT2D eigenvalue weighted by molar-refractivity contribution is 6.31. The molecule has 1 aliphatic rings.